The number of aliphatic hydroxyl groups is 1. The van der Waals surface area contributed by atoms with Crippen LogP contribution in [0.5, 0.6) is 0 Å². The third-order valence-corrected chi connectivity index (χ3v) is 3.74. The molecule has 1 aromatic rings. The zero-order valence-corrected chi connectivity index (χ0v) is 12.6. The topological polar surface area (TPSA) is 58.3 Å². The van der Waals surface area contributed by atoms with Crippen LogP contribution in [0.1, 0.15) is 33.3 Å². The van der Waals surface area contributed by atoms with Crippen molar-refractivity contribution in [2.45, 2.75) is 52.3 Å². The maximum absolute atomic E-state index is 10.1. The van der Waals surface area contributed by atoms with Gasteiger partial charge in [0.05, 0.1) is 6.10 Å². The molecular formula is C16H28N2O. The smallest absolute Gasteiger partial charge is 0.0818 e. The van der Waals surface area contributed by atoms with Gasteiger partial charge in [0.15, 0.2) is 0 Å². The highest BCUT2D eigenvalue weighted by molar-refractivity contribution is 5.16. The number of benzene rings is 1. The maximum Gasteiger partial charge on any atom is 0.0818 e. The molecular weight excluding hydrogens is 236 g/mol. The van der Waals surface area contributed by atoms with E-state index in [4.69, 9.17) is 5.73 Å². The summed E-state index contributed by atoms with van der Waals surface area (Å²) in [5, 5.41) is 13.5. The molecule has 0 aliphatic rings. The van der Waals surface area contributed by atoms with E-state index in [0.717, 1.165) is 5.56 Å². The Kier molecular flexibility index (Phi) is 5.98. The number of rotatable bonds is 6. The largest absolute Gasteiger partial charge is 0.390 e. The SMILES string of the molecule is C[C@H](NC[C@@H](O)[C@@H](N)Cc1ccccc1)C(C)(C)C. The number of hydrogen-bond donors (Lipinski definition) is 3. The molecule has 4 N–H and O–H groups in total. The van der Waals surface area contributed by atoms with Gasteiger partial charge in [-0.15, -0.1) is 0 Å². The molecule has 3 atom stereocenters. The van der Waals surface area contributed by atoms with Crippen LogP contribution in [0.4, 0.5) is 0 Å². The van der Waals surface area contributed by atoms with Crippen LogP contribution in [0.25, 0.3) is 0 Å². The Morgan fingerprint density at radius 1 is 1.21 bits per heavy atom. The highest BCUT2D eigenvalue weighted by Gasteiger charge is 2.22. The normalized spacial score (nSPS) is 16.9. The first-order valence-electron chi connectivity index (χ1n) is 7.01. The molecule has 3 nitrogen and oxygen atoms in total. The fourth-order valence-electron chi connectivity index (χ4n) is 1.78. The van der Waals surface area contributed by atoms with Crippen molar-refractivity contribution < 1.29 is 5.11 Å². The summed E-state index contributed by atoms with van der Waals surface area (Å²) in [6, 6.07) is 10.2. The van der Waals surface area contributed by atoms with Crippen LogP contribution >= 0.6 is 0 Å². The highest BCUT2D eigenvalue weighted by atomic mass is 16.3. The lowest BCUT2D eigenvalue weighted by molar-refractivity contribution is 0.130. The standard InChI is InChI=1S/C16H28N2O/c1-12(16(2,3)4)18-11-15(19)14(17)10-13-8-6-5-7-9-13/h5-9,12,14-15,18-19H,10-11,17H2,1-4H3/t12-,14-,15+/m0/s1. The summed E-state index contributed by atoms with van der Waals surface area (Å²) in [4.78, 5) is 0. The fourth-order valence-corrected chi connectivity index (χ4v) is 1.78. The molecule has 0 radical (unpaired) electrons. The van der Waals surface area contributed by atoms with Gasteiger partial charge in [-0.1, -0.05) is 51.1 Å². The Balaban J connectivity index is 2.39. The molecule has 19 heavy (non-hydrogen) atoms. The molecule has 0 heterocycles. The van der Waals surface area contributed by atoms with Crippen molar-refractivity contribution in [2.75, 3.05) is 6.54 Å². The number of nitrogens with one attached hydrogen (secondary N) is 1. The quantitative estimate of drug-likeness (QED) is 0.736. The van der Waals surface area contributed by atoms with Crippen molar-refractivity contribution in [1.29, 1.82) is 0 Å². The van der Waals surface area contributed by atoms with Gasteiger partial charge in [0.25, 0.3) is 0 Å². The van der Waals surface area contributed by atoms with E-state index in [2.05, 4.69) is 33.0 Å². The van der Waals surface area contributed by atoms with Crippen LogP contribution in [0.3, 0.4) is 0 Å². The van der Waals surface area contributed by atoms with Gasteiger partial charge >= 0.3 is 0 Å². The van der Waals surface area contributed by atoms with Crippen LogP contribution in [-0.4, -0.2) is 29.8 Å². The summed E-state index contributed by atoms with van der Waals surface area (Å²) < 4.78 is 0. The van der Waals surface area contributed by atoms with E-state index in [1.165, 1.54) is 0 Å². The fraction of sp³-hybridized carbons (Fsp3) is 0.625. The predicted molar refractivity (Wildman–Crippen MR) is 81.0 cm³/mol. The molecule has 0 spiro atoms. The zero-order chi connectivity index (χ0) is 14.5. The molecule has 0 fully saturated rings. The summed E-state index contributed by atoms with van der Waals surface area (Å²) in [5.41, 5.74) is 7.40. The summed E-state index contributed by atoms with van der Waals surface area (Å²) >= 11 is 0. The minimum Gasteiger partial charge on any atom is -0.390 e. The molecule has 0 saturated heterocycles. The molecule has 1 aromatic carbocycles. The van der Waals surface area contributed by atoms with Crippen molar-refractivity contribution in [2.24, 2.45) is 11.1 Å². The average molecular weight is 264 g/mol. The average Bonchev–Trinajstić information content (AvgIpc) is 2.35. The monoisotopic (exact) mass is 264 g/mol. The maximum atomic E-state index is 10.1. The third-order valence-electron chi connectivity index (χ3n) is 3.74. The molecule has 0 amide bonds. The molecule has 108 valence electrons. The zero-order valence-electron chi connectivity index (χ0n) is 12.6. The first-order valence-corrected chi connectivity index (χ1v) is 7.01. The van der Waals surface area contributed by atoms with E-state index in [-0.39, 0.29) is 11.5 Å². The molecule has 0 aliphatic heterocycles. The summed E-state index contributed by atoms with van der Waals surface area (Å²) in [6.45, 7) is 9.21. The molecule has 1 rings (SSSR count). The third kappa shape index (κ3) is 5.72. The van der Waals surface area contributed by atoms with Crippen LogP contribution < -0.4 is 11.1 Å². The highest BCUT2D eigenvalue weighted by Crippen LogP contribution is 2.18. The van der Waals surface area contributed by atoms with Crippen LogP contribution in [0, 0.1) is 5.41 Å². The van der Waals surface area contributed by atoms with E-state index >= 15 is 0 Å². The number of nitrogens with two attached hydrogens (primary N) is 1. The van der Waals surface area contributed by atoms with Gasteiger partial charge < -0.3 is 16.2 Å². The summed E-state index contributed by atoms with van der Waals surface area (Å²) in [7, 11) is 0. The van der Waals surface area contributed by atoms with Crippen LogP contribution in [0.2, 0.25) is 0 Å². The van der Waals surface area contributed by atoms with Gasteiger partial charge in [0.2, 0.25) is 0 Å². The minimum atomic E-state index is -0.523. The van der Waals surface area contributed by atoms with Gasteiger partial charge in [-0.3, -0.25) is 0 Å². The molecule has 0 saturated carbocycles. The van der Waals surface area contributed by atoms with E-state index in [1.807, 2.05) is 30.3 Å². The molecule has 0 aliphatic carbocycles. The van der Waals surface area contributed by atoms with Crippen LogP contribution in [0.15, 0.2) is 30.3 Å². The molecule has 0 unspecified atom stereocenters. The van der Waals surface area contributed by atoms with Crippen molar-refractivity contribution in [1.82, 2.24) is 5.32 Å². The van der Waals surface area contributed by atoms with Gasteiger partial charge in [0.1, 0.15) is 0 Å². The number of aliphatic hydroxyl groups excluding tert-OH is 1. The van der Waals surface area contributed by atoms with Gasteiger partial charge in [-0.25, -0.2) is 0 Å². The second-order valence-corrected chi connectivity index (χ2v) is 6.42. The van der Waals surface area contributed by atoms with Crippen molar-refractivity contribution >= 4 is 0 Å². The van der Waals surface area contributed by atoms with E-state index in [1.54, 1.807) is 0 Å². The summed E-state index contributed by atoms with van der Waals surface area (Å²) in [5.74, 6) is 0. The van der Waals surface area contributed by atoms with Crippen molar-refractivity contribution in [3.8, 4) is 0 Å². The van der Waals surface area contributed by atoms with Gasteiger partial charge in [0, 0.05) is 18.6 Å². The Hall–Kier alpha value is -0.900. The molecule has 0 aromatic heterocycles. The van der Waals surface area contributed by atoms with Gasteiger partial charge in [-0.2, -0.15) is 0 Å². The lowest BCUT2D eigenvalue weighted by atomic mass is 9.88. The molecule has 3 heteroatoms. The Bertz CT molecular complexity index is 359. The second-order valence-electron chi connectivity index (χ2n) is 6.42. The predicted octanol–water partition coefficient (Wildman–Crippen LogP) is 1.94. The molecule has 0 bridgehead atoms. The second kappa shape index (κ2) is 7.04. The number of hydrogen-bond acceptors (Lipinski definition) is 3. The first-order chi connectivity index (χ1) is 8.80. The van der Waals surface area contributed by atoms with Gasteiger partial charge in [-0.05, 0) is 24.3 Å². The van der Waals surface area contributed by atoms with Crippen LogP contribution in [-0.2, 0) is 6.42 Å². The van der Waals surface area contributed by atoms with Crippen molar-refractivity contribution in [3.63, 3.8) is 0 Å². The Labute approximate surface area is 117 Å². The van der Waals surface area contributed by atoms with E-state index in [9.17, 15) is 5.11 Å². The Morgan fingerprint density at radius 3 is 2.32 bits per heavy atom. The Morgan fingerprint density at radius 2 is 1.79 bits per heavy atom. The lowest BCUT2D eigenvalue weighted by Crippen LogP contribution is -2.47. The minimum absolute atomic E-state index is 0.184. The van der Waals surface area contributed by atoms with E-state index < -0.39 is 6.10 Å². The van der Waals surface area contributed by atoms with Crippen molar-refractivity contribution in [3.05, 3.63) is 35.9 Å². The summed E-state index contributed by atoms with van der Waals surface area (Å²) in [6.07, 6.45) is 0.179. The first kappa shape index (κ1) is 16.2. The lowest BCUT2D eigenvalue weighted by Gasteiger charge is -2.30. The van der Waals surface area contributed by atoms with E-state index in [0.29, 0.717) is 19.0 Å².